The van der Waals surface area contributed by atoms with E-state index in [4.69, 9.17) is 6.42 Å². The van der Waals surface area contributed by atoms with E-state index < -0.39 is 0 Å². The number of amides is 1. The molecular formula is C15H14N2O. The van der Waals surface area contributed by atoms with Crippen LogP contribution in [0.2, 0.25) is 0 Å². The van der Waals surface area contributed by atoms with E-state index in [0.29, 0.717) is 18.5 Å². The monoisotopic (exact) mass is 238 g/mol. The molecule has 0 bridgehead atoms. The minimum atomic E-state index is -0.101. The fraction of sp³-hybridized carbons (Fsp3) is 0.200. The molecule has 0 atom stereocenters. The number of carbonyl (C=O) groups excluding carboxylic acids is 1. The Morgan fingerprint density at radius 1 is 1.33 bits per heavy atom. The molecule has 0 saturated carbocycles. The van der Waals surface area contributed by atoms with Gasteiger partial charge >= 0.3 is 0 Å². The summed E-state index contributed by atoms with van der Waals surface area (Å²) in [5.74, 6) is 2.45. The number of carbonyl (C=O) groups is 1. The highest BCUT2D eigenvalue weighted by Gasteiger charge is 2.09. The van der Waals surface area contributed by atoms with Crippen molar-refractivity contribution in [3.63, 3.8) is 0 Å². The Balaban J connectivity index is 2.15. The van der Waals surface area contributed by atoms with Crippen LogP contribution in [0, 0.1) is 12.3 Å². The van der Waals surface area contributed by atoms with Crippen LogP contribution in [0.5, 0.6) is 0 Å². The van der Waals surface area contributed by atoms with Crippen LogP contribution in [0.3, 0.4) is 0 Å². The van der Waals surface area contributed by atoms with Crippen LogP contribution < -0.4 is 5.32 Å². The molecule has 1 heterocycles. The summed E-state index contributed by atoms with van der Waals surface area (Å²) in [5.41, 5.74) is 1.34. The Morgan fingerprint density at radius 2 is 2.17 bits per heavy atom. The molecule has 0 radical (unpaired) electrons. The smallest absolute Gasteiger partial charge is 0.253 e. The van der Waals surface area contributed by atoms with Gasteiger partial charge in [0, 0.05) is 24.5 Å². The molecule has 0 unspecified atom stereocenters. The van der Waals surface area contributed by atoms with Gasteiger partial charge in [-0.05, 0) is 18.6 Å². The van der Waals surface area contributed by atoms with Crippen molar-refractivity contribution >= 4 is 16.8 Å². The van der Waals surface area contributed by atoms with Gasteiger partial charge in [-0.25, -0.2) is 0 Å². The van der Waals surface area contributed by atoms with E-state index in [2.05, 4.69) is 16.2 Å². The first-order valence-corrected chi connectivity index (χ1v) is 5.88. The minimum Gasteiger partial charge on any atom is -0.352 e. The van der Waals surface area contributed by atoms with E-state index >= 15 is 0 Å². The lowest BCUT2D eigenvalue weighted by molar-refractivity contribution is 0.0955. The summed E-state index contributed by atoms with van der Waals surface area (Å²) in [6, 6.07) is 9.39. The Labute approximate surface area is 106 Å². The van der Waals surface area contributed by atoms with Gasteiger partial charge in [-0.1, -0.05) is 18.2 Å². The second-order valence-corrected chi connectivity index (χ2v) is 3.94. The fourth-order valence-corrected chi connectivity index (χ4v) is 1.78. The van der Waals surface area contributed by atoms with E-state index in [0.717, 1.165) is 17.3 Å². The average Bonchev–Trinajstić information content (AvgIpc) is 2.43. The summed E-state index contributed by atoms with van der Waals surface area (Å²) in [4.78, 5) is 16.3. The molecule has 1 N–H and O–H groups in total. The summed E-state index contributed by atoms with van der Waals surface area (Å²) < 4.78 is 0. The quantitative estimate of drug-likeness (QED) is 0.656. The van der Waals surface area contributed by atoms with Crippen molar-refractivity contribution in [2.45, 2.75) is 12.8 Å². The number of aromatic nitrogens is 1. The van der Waals surface area contributed by atoms with E-state index in [1.807, 2.05) is 24.3 Å². The van der Waals surface area contributed by atoms with Gasteiger partial charge in [-0.15, -0.1) is 12.3 Å². The first-order chi connectivity index (χ1) is 8.83. The average molecular weight is 238 g/mol. The highest BCUT2D eigenvalue weighted by Crippen LogP contribution is 2.15. The molecule has 3 nitrogen and oxygen atoms in total. The van der Waals surface area contributed by atoms with Crippen LogP contribution in [-0.4, -0.2) is 17.4 Å². The number of pyridine rings is 1. The molecule has 2 rings (SSSR count). The maximum Gasteiger partial charge on any atom is 0.253 e. The number of hydrogen-bond acceptors (Lipinski definition) is 2. The molecule has 90 valence electrons. The normalized spacial score (nSPS) is 9.94. The first-order valence-electron chi connectivity index (χ1n) is 5.88. The maximum absolute atomic E-state index is 12.0. The van der Waals surface area contributed by atoms with Crippen molar-refractivity contribution < 1.29 is 4.79 Å². The number of nitrogens with one attached hydrogen (secondary N) is 1. The highest BCUT2D eigenvalue weighted by molar-refractivity contribution is 6.05. The zero-order valence-electron chi connectivity index (χ0n) is 10.0. The van der Waals surface area contributed by atoms with Gasteiger partial charge < -0.3 is 5.32 Å². The minimum absolute atomic E-state index is 0.101. The number of unbranched alkanes of at least 4 members (excludes halogenated alkanes) is 1. The van der Waals surface area contributed by atoms with Crippen molar-refractivity contribution in [1.29, 1.82) is 0 Å². The summed E-state index contributed by atoms with van der Waals surface area (Å²) in [5, 5.41) is 3.82. The van der Waals surface area contributed by atoms with Gasteiger partial charge in [0.15, 0.2) is 0 Å². The van der Waals surface area contributed by atoms with Gasteiger partial charge in [0.2, 0.25) is 0 Å². The third-order valence-electron chi connectivity index (χ3n) is 2.66. The third-order valence-corrected chi connectivity index (χ3v) is 2.66. The molecule has 2 aromatic rings. The molecule has 0 aliphatic rings. The third kappa shape index (κ3) is 2.67. The number of para-hydroxylation sites is 1. The largest absolute Gasteiger partial charge is 0.352 e. The van der Waals surface area contributed by atoms with Gasteiger partial charge in [0.1, 0.15) is 0 Å². The van der Waals surface area contributed by atoms with Gasteiger partial charge in [0.05, 0.1) is 11.1 Å². The van der Waals surface area contributed by atoms with Crippen LogP contribution in [0.4, 0.5) is 0 Å². The molecule has 3 heteroatoms. The predicted molar refractivity (Wildman–Crippen MR) is 72.1 cm³/mol. The van der Waals surface area contributed by atoms with Crippen LogP contribution in [0.15, 0.2) is 36.5 Å². The second kappa shape index (κ2) is 5.83. The number of benzene rings is 1. The molecule has 1 aromatic carbocycles. The van der Waals surface area contributed by atoms with Crippen molar-refractivity contribution in [3.05, 3.63) is 42.1 Å². The lowest BCUT2D eigenvalue weighted by Gasteiger charge is -2.06. The number of fused-ring (bicyclic) bond motifs is 1. The Kier molecular flexibility index (Phi) is 3.93. The Bertz CT molecular complexity index is 593. The van der Waals surface area contributed by atoms with Crippen LogP contribution in [0.25, 0.3) is 10.9 Å². The molecule has 0 fully saturated rings. The molecular weight excluding hydrogens is 224 g/mol. The summed E-state index contributed by atoms with van der Waals surface area (Å²) in [7, 11) is 0. The molecule has 1 amide bonds. The maximum atomic E-state index is 12.0. The Hall–Kier alpha value is -2.34. The molecule has 0 saturated heterocycles. The lowest BCUT2D eigenvalue weighted by Crippen LogP contribution is -2.24. The lowest BCUT2D eigenvalue weighted by atomic mass is 10.1. The number of terminal acetylenes is 1. The van der Waals surface area contributed by atoms with Crippen LogP contribution in [-0.2, 0) is 0 Å². The summed E-state index contributed by atoms with van der Waals surface area (Å²) >= 11 is 0. The van der Waals surface area contributed by atoms with Crippen LogP contribution >= 0.6 is 0 Å². The van der Waals surface area contributed by atoms with Crippen molar-refractivity contribution in [2.75, 3.05) is 6.54 Å². The Morgan fingerprint density at radius 3 is 3.00 bits per heavy atom. The standard InChI is InChI=1S/C15H14N2O/c1-2-3-4-10-17-15(18)13-9-5-7-12-8-6-11-16-14(12)13/h1,5-9,11H,3-4,10H2,(H,17,18). The predicted octanol–water partition coefficient (Wildman–Crippen LogP) is 2.38. The summed E-state index contributed by atoms with van der Waals surface area (Å²) in [6.07, 6.45) is 8.32. The van der Waals surface area contributed by atoms with Crippen molar-refractivity contribution in [2.24, 2.45) is 0 Å². The van der Waals surface area contributed by atoms with Gasteiger partial charge in [0.25, 0.3) is 5.91 Å². The topological polar surface area (TPSA) is 42.0 Å². The van der Waals surface area contributed by atoms with Crippen molar-refractivity contribution in [1.82, 2.24) is 10.3 Å². The number of nitrogens with zero attached hydrogens (tertiary/aromatic N) is 1. The fourth-order valence-electron chi connectivity index (χ4n) is 1.78. The zero-order chi connectivity index (χ0) is 12.8. The SMILES string of the molecule is C#CCCCNC(=O)c1cccc2cccnc12. The first kappa shape index (κ1) is 12.1. The molecule has 0 aliphatic carbocycles. The van der Waals surface area contributed by atoms with E-state index in [1.165, 1.54) is 0 Å². The number of rotatable bonds is 4. The van der Waals surface area contributed by atoms with E-state index in [1.54, 1.807) is 12.3 Å². The highest BCUT2D eigenvalue weighted by atomic mass is 16.1. The molecule has 18 heavy (non-hydrogen) atoms. The van der Waals surface area contributed by atoms with Gasteiger partial charge in [-0.3, -0.25) is 9.78 Å². The molecule has 0 spiro atoms. The zero-order valence-corrected chi connectivity index (χ0v) is 10.0. The van der Waals surface area contributed by atoms with Crippen LogP contribution in [0.1, 0.15) is 23.2 Å². The van der Waals surface area contributed by atoms with Crippen molar-refractivity contribution in [3.8, 4) is 12.3 Å². The molecule has 0 aliphatic heterocycles. The van der Waals surface area contributed by atoms with E-state index in [9.17, 15) is 4.79 Å². The second-order valence-electron chi connectivity index (χ2n) is 3.94. The number of hydrogen-bond donors (Lipinski definition) is 1. The van der Waals surface area contributed by atoms with E-state index in [-0.39, 0.29) is 5.91 Å². The summed E-state index contributed by atoms with van der Waals surface area (Å²) in [6.45, 7) is 0.590. The molecule has 1 aromatic heterocycles. The van der Waals surface area contributed by atoms with Gasteiger partial charge in [-0.2, -0.15) is 0 Å².